The Morgan fingerprint density at radius 3 is 2.25 bits per heavy atom. The molecule has 1 N–H and O–H groups in total. The molecule has 28 heavy (non-hydrogen) atoms. The van der Waals surface area contributed by atoms with Gasteiger partial charge >= 0.3 is 10.2 Å². The van der Waals surface area contributed by atoms with Crippen molar-refractivity contribution in [2.45, 2.75) is 39.0 Å². The fourth-order valence-corrected chi connectivity index (χ4v) is 4.35. The smallest absolute Gasteiger partial charge is 0.304 e. The van der Waals surface area contributed by atoms with E-state index in [0.29, 0.717) is 12.2 Å². The third kappa shape index (κ3) is 6.76. The lowest BCUT2D eigenvalue weighted by molar-refractivity contribution is -0.119. The molecule has 1 saturated heterocycles. The van der Waals surface area contributed by atoms with Gasteiger partial charge in [-0.25, -0.2) is 4.31 Å². The third-order valence-electron chi connectivity index (χ3n) is 5.02. The molecule has 0 aromatic heterocycles. The van der Waals surface area contributed by atoms with E-state index in [1.54, 1.807) is 12.1 Å². The summed E-state index contributed by atoms with van der Waals surface area (Å²) in [6.07, 6.45) is 5.99. The molecule has 0 aliphatic carbocycles. The Hall–Kier alpha value is -1.64. The maximum Gasteiger partial charge on any atom is 0.304 e. The first kappa shape index (κ1) is 22.6. The molecule has 0 atom stereocenters. The molecule has 1 fully saturated rings. The monoisotopic (exact) mass is 410 g/mol. The van der Waals surface area contributed by atoms with Crippen molar-refractivity contribution >= 4 is 21.8 Å². The molecule has 1 amide bonds. The molecule has 1 aromatic carbocycles. The second kappa shape index (κ2) is 10.8. The lowest BCUT2D eigenvalue weighted by Crippen LogP contribution is -2.46. The summed E-state index contributed by atoms with van der Waals surface area (Å²) in [5, 5.41) is 2.87. The quantitative estimate of drug-likeness (QED) is 0.632. The lowest BCUT2D eigenvalue weighted by Gasteiger charge is -2.27. The van der Waals surface area contributed by atoms with Crippen LogP contribution in [0.5, 0.6) is 0 Å². The molecule has 1 aliphatic rings. The normalized spacial score (nSPS) is 16.0. The summed E-state index contributed by atoms with van der Waals surface area (Å²) in [7, 11) is -0.818. The van der Waals surface area contributed by atoms with Crippen molar-refractivity contribution in [2.75, 3.05) is 51.1 Å². The van der Waals surface area contributed by atoms with Crippen LogP contribution in [0.4, 0.5) is 5.69 Å². The molecule has 1 heterocycles. The largest absolute Gasteiger partial charge is 0.354 e. The fourth-order valence-electron chi connectivity index (χ4n) is 3.29. The number of likely N-dealkylation sites (tertiary alicyclic amines) is 1. The molecule has 1 aromatic rings. The summed E-state index contributed by atoms with van der Waals surface area (Å²) in [5.41, 5.74) is 1.52. The summed E-state index contributed by atoms with van der Waals surface area (Å²) < 4.78 is 27.6. The number of nitrogens with zero attached hydrogens (tertiary/aromatic N) is 3. The van der Waals surface area contributed by atoms with E-state index in [9.17, 15) is 13.2 Å². The molecule has 0 spiro atoms. The van der Waals surface area contributed by atoms with Gasteiger partial charge in [0.15, 0.2) is 0 Å². The van der Waals surface area contributed by atoms with Gasteiger partial charge in [0.05, 0.1) is 5.69 Å². The number of aryl methyl sites for hydroxylation is 1. The zero-order chi connectivity index (χ0) is 20.6. The minimum Gasteiger partial charge on any atom is -0.354 e. The lowest BCUT2D eigenvalue weighted by atomic mass is 10.2. The fraction of sp³-hybridized carbons (Fsp3) is 0.650. The first-order valence-electron chi connectivity index (χ1n) is 10.1. The highest BCUT2D eigenvalue weighted by atomic mass is 32.2. The number of anilines is 1. The number of carbonyl (C=O) groups excluding carboxylic acids is 1. The van der Waals surface area contributed by atoms with E-state index in [4.69, 9.17) is 0 Å². The Labute approximate surface area is 169 Å². The molecule has 7 nitrogen and oxygen atoms in total. The summed E-state index contributed by atoms with van der Waals surface area (Å²) in [5.74, 6) is -0.290. The summed E-state index contributed by atoms with van der Waals surface area (Å²) in [6, 6.07) is 7.13. The van der Waals surface area contributed by atoms with E-state index < -0.39 is 10.2 Å². The first-order chi connectivity index (χ1) is 13.3. The van der Waals surface area contributed by atoms with Gasteiger partial charge in [-0.2, -0.15) is 12.7 Å². The van der Waals surface area contributed by atoms with Crippen LogP contribution in [0.15, 0.2) is 24.3 Å². The zero-order valence-electron chi connectivity index (χ0n) is 17.4. The molecule has 0 radical (unpaired) electrons. The minimum absolute atomic E-state index is 0.229. The van der Waals surface area contributed by atoms with E-state index in [-0.39, 0.29) is 12.5 Å². The Kier molecular flexibility index (Phi) is 8.72. The topological polar surface area (TPSA) is 73.0 Å². The van der Waals surface area contributed by atoms with Crippen molar-refractivity contribution in [1.82, 2.24) is 14.5 Å². The molecule has 8 heteroatoms. The minimum atomic E-state index is -3.75. The van der Waals surface area contributed by atoms with Gasteiger partial charge < -0.3 is 10.2 Å². The summed E-state index contributed by atoms with van der Waals surface area (Å²) >= 11 is 0. The van der Waals surface area contributed by atoms with E-state index in [2.05, 4.69) is 10.2 Å². The van der Waals surface area contributed by atoms with Crippen molar-refractivity contribution in [2.24, 2.45) is 0 Å². The highest BCUT2D eigenvalue weighted by Crippen LogP contribution is 2.19. The van der Waals surface area contributed by atoms with E-state index in [0.717, 1.165) is 40.2 Å². The van der Waals surface area contributed by atoms with Crippen LogP contribution in [0.2, 0.25) is 0 Å². The second-order valence-electron chi connectivity index (χ2n) is 7.59. The van der Waals surface area contributed by atoms with Gasteiger partial charge in [-0.15, -0.1) is 0 Å². The highest BCUT2D eigenvalue weighted by Gasteiger charge is 2.27. The van der Waals surface area contributed by atoms with Gasteiger partial charge in [-0.1, -0.05) is 30.5 Å². The number of nitrogens with one attached hydrogen (secondary N) is 1. The molecular weight excluding hydrogens is 376 g/mol. The average molecular weight is 411 g/mol. The molecule has 0 unspecified atom stereocenters. The van der Waals surface area contributed by atoms with Gasteiger partial charge in [-0.3, -0.25) is 4.79 Å². The number of benzene rings is 1. The maximum atomic E-state index is 12.7. The molecule has 2 rings (SSSR count). The Morgan fingerprint density at radius 2 is 1.68 bits per heavy atom. The molecule has 0 saturated carbocycles. The Bertz CT molecular complexity index is 711. The predicted molar refractivity (Wildman–Crippen MR) is 114 cm³/mol. The second-order valence-corrected chi connectivity index (χ2v) is 9.66. The van der Waals surface area contributed by atoms with Crippen LogP contribution in [-0.2, 0) is 15.0 Å². The van der Waals surface area contributed by atoms with Gasteiger partial charge in [0.25, 0.3) is 0 Å². The number of carbonyl (C=O) groups is 1. The van der Waals surface area contributed by atoms with Crippen molar-refractivity contribution in [3.63, 3.8) is 0 Å². The van der Waals surface area contributed by atoms with Crippen LogP contribution in [0.25, 0.3) is 0 Å². The van der Waals surface area contributed by atoms with Crippen molar-refractivity contribution in [3.05, 3.63) is 29.8 Å². The van der Waals surface area contributed by atoms with Gasteiger partial charge in [0, 0.05) is 20.6 Å². The Morgan fingerprint density at radius 1 is 1.07 bits per heavy atom. The van der Waals surface area contributed by atoms with E-state index in [1.165, 1.54) is 39.8 Å². The maximum absolute atomic E-state index is 12.7. The summed E-state index contributed by atoms with van der Waals surface area (Å²) in [4.78, 5) is 14.9. The van der Waals surface area contributed by atoms with Crippen molar-refractivity contribution < 1.29 is 13.2 Å². The average Bonchev–Trinajstić information content (AvgIpc) is 2.93. The predicted octanol–water partition coefficient (Wildman–Crippen LogP) is 1.99. The van der Waals surface area contributed by atoms with Gasteiger partial charge in [0.2, 0.25) is 5.91 Å². The number of amides is 1. The molecular formula is C20H34N4O3S. The van der Waals surface area contributed by atoms with Gasteiger partial charge in [-0.05, 0) is 58.0 Å². The summed E-state index contributed by atoms with van der Waals surface area (Å²) in [6.45, 7) is 5.50. The van der Waals surface area contributed by atoms with E-state index >= 15 is 0 Å². The number of hydrogen-bond donors (Lipinski definition) is 1. The van der Waals surface area contributed by atoms with Crippen LogP contribution in [0.3, 0.4) is 0 Å². The van der Waals surface area contributed by atoms with Gasteiger partial charge in [0.1, 0.15) is 6.54 Å². The first-order valence-corrected chi connectivity index (χ1v) is 11.5. The third-order valence-corrected chi connectivity index (χ3v) is 6.84. The van der Waals surface area contributed by atoms with Crippen LogP contribution in [0.1, 0.15) is 37.7 Å². The molecule has 158 valence electrons. The number of rotatable bonds is 9. The van der Waals surface area contributed by atoms with Crippen LogP contribution in [0, 0.1) is 6.92 Å². The SMILES string of the molecule is Cc1ccc(N(CC(=O)NCCCN2CCCCCC2)S(=O)(=O)N(C)C)cc1. The zero-order valence-corrected chi connectivity index (χ0v) is 18.2. The molecule has 1 aliphatic heterocycles. The van der Waals surface area contributed by atoms with Crippen LogP contribution < -0.4 is 9.62 Å². The Balaban J connectivity index is 1.90. The van der Waals surface area contributed by atoms with Crippen LogP contribution in [-0.4, -0.2) is 70.3 Å². The highest BCUT2D eigenvalue weighted by molar-refractivity contribution is 7.90. The van der Waals surface area contributed by atoms with Crippen molar-refractivity contribution in [3.8, 4) is 0 Å². The standard InChI is InChI=1S/C20H34N4O3S/c1-18-9-11-19(12-10-18)24(28(26,27)22(2)3)17-20(25)21-13-8-16-23-14-6-4-5-7-15-23/h9-12H,4-8,13-17H2,1-3H3,(H,21,25). The molecule has 0 bridgehead atoms. The number of hydrogen-bond acceptors (Lipinski definition) is 4. The van der Waals surface area contributed by atoms with Crippen molar-refractivity contribution in [1.29, 1.82) is 0 Å². The van der Waals surface area contributed by atoms with Crippen LogP contribution >= 0.6 is 0 Å². The van der Waals surface area contributed by atoms with E-state index in [1.807, 2.05) is 19.1 Å².